The third kappa shape index (κ3) is 4.95. The first-order chi connectivity index (χ1) is 18.0. The monoisotopic (exact) mass is 518 g/mol. The zero-order valence-corrected chi connectivity index (χ0v) is 21.6. The summed E-state index contributed by atoms with van der Waals surface area (Å²) in [6.45, 7) is 2.60. The summed E-state index contributed by atoms with van der Waals surface area (Å²) >= 11 is 6.13. The number of halogens is 1. The van der Waals surface area contributed by atoms with Crippen molar-refractivity contribution >= 4 is 17.5 Å². The molecule has 1 aliphatic heterocycles. The molecule has 1 aromatic heterocycles. The highest BCUT2D eigenvalue weighted by Crippen LogP contribution is 2.37. The number of hydrogen-bond donors (Lipinski definition) is 1. The molecular formula is C29H27ClN2O5. The standard InChI is InChI=1S/C29H27ClN2O5/c1-18-23(29(33)31-13-12-19-4-10-25(34-2)27(14-19)35-3)16-24(20-5-7-21(30)8-6-20)32(18)22-9-11-26-28(15-22)37-17-36-26/h4-11,14-16H,12-13,17H2,1-3H3,(H,31,33). The van der Waals surface area contributed by atoms with Gasteiger partial charge in [-0.15, -0.1) is 0 Å². The van der Waals surface area contributed by atoms with Crippen molar-refractivity contribution in [2.75, 3.05) is 27.6 Å². The van der Waals surface area contributed by atoms with E-state index < -0.39 is 0 Å². The minimum absolute atomic E-state index is 0.146. The van der Waals surface area contributed by atoms with Crippen LogP contribution in [0.1, 0.15) is 21.6 Å². The lowest BCUT2D eigenvalue weighted by molar-refractivity contribution is 0.0953. The van der Waals surface area contributed by atoms with Gasteiger partial charge in [-0.05, 0) is 66.9 Å². The number of amides is 1. The molecule has 0 spiro atoms. The number of ether oxygens (including phenoxy) is 4. The Morgan fingerprint density at radius 2 is 1.70 bits per heavy atom. The summed E-state index contributed by atoms with van der Waals surface area (Å²) in [4.78, 5) is 13.3. The number of nitrogens with zero attached hydrogens (tertiary/aromatic N) is 1. The van der Waals surface area contributed by atoms with Crippen LogP contribution < -0.4 is 24.3 Å². The molecule has 0 fully saturated rings. The number of carbonyl (C=O) groups is 1. The Hall–Kier alpha value is -4.10. The van der Waals surface area contributed by atoms with Crippen molar-refractivity contribution < 1.29 is 23.7 Å². The first-order valence-electron chi connectivity index (χ1n) is 11.9. The second-order valence-corrected chi connectivity index (χ2v) is 9.04. The van der Waals surface area contributed by atoms with Crippen molar-refractivity contribution in [3.8, 4) is 39.9 Å². The predicted molar refractivity (Wildman–Crippen MR) is 143 cm³/mol. The lowest BCUT2D eigenvalue weighted by atomic mass is 10.1. The van der Waals surface area contributed by atoms with Crippen LogP contribution in [0.3, 0.4) is 0 Å². The zero-order valence-electron chi connectivity index (χ0n) is 20.8. The molecule has 0 atom stereocenters. The van der Waals surface area contributed by atoms with Gasteiger partial charge in [0.1, 0.15) is 0 Å². The molecule has 0 saturated heterocycles. The summed E-state index contributed by atoms with van der Waals surface area (Å²) < 4.78 is 23.8. The summed E-state index contributed by atoms with van der Waals surface area (Å²) in [6.07, 6.45) is 0.651. The van der Waals surface area contributed by atoms with E-state index in [4.69, 9.17) is 30.5 Å². The molecule has 0 aliphatic carbocycles. The molecule has 0 unspecified atom stereocenters. The van der Waals surface area contributed by atoms with Crippen LogP contribution in [-0.2, 0) is 6.42 Å². The fourth-order valence-corrected chi connectivity index (χ4v) is 4.60. The van der Waals surface area contributed by atoms with E-state index in [0.29, 0.717) is 46.5 Å². The summed E-state index contributed by atoms with van der Waals surface area (Å²) in [7, 11) is 3.21. The van der Waals surface area contributed by atoms with Crippen molar-refractivity contribution in [1.29, 1.82) is 0 Å². The molecule has 4 aromatic rings. The summed E-state index contributed by atoms with van der Waals surface area (Å²) in [6, 6.07) is 21.0. The SMILES string of the molecule is COc1ccc(CCNC(=O)c2cc(-c3ccc(Cl)cc3)n(-c3ccc4c(c3)OCO4)c2C)cc1OC. The van der Waals surface area contributed by atoms with Gasteiger partial charge in [-0.1, -0.05) is 29.8 Å². The maximum atomic E-state index is 13.3. The van der Waals surface area contributed by atoms with Gasteiger partial charge in [0.2, 0.25) is 6.79 Å². The largest absolute Gasteiger partial charge is 0.493 e. The first-order valence-corrected chi connectivity index (χ1v) is 12.2. The third-order valence-electron chi connectivity index (χ3n) is 6.39. The number of methoxy groups -OCH3 is 2. The Kier molecular flexibility index (Phi) is 6.97. The Bertz CT molecular complexity index is 1450. The molecule has 1 amide bonds. The highest BCUT2D eigenvalue weighted by Gasteiger charge is 2.22. The van der Waals surface area contributed by atoms with E-state index in [9.17, 15) is 4.79 Å². The van der Waals surface area contributed by atoms with Crippen LogP contribution >= 0.6 is 11.6 Å². The fraction of sp³-hybridized carbons (Fsp3) is 0.207. The Labute approximate surface area is 220 Å². The number of benzene rings is 3. The molecule has 7 nitrogen and oxygen atoms in total. The second kappa shape index (κ2) is 10.5. The molecule has 0 bridgehead atoms. The molecule has 2 heterocycles. The van der Waals surface area contributed by atoms with E-state index >= 15 is 0 Å². The van der Waals surface area contributed by atoms with E-state index in [-0.39, 0.29) is 12.7 Å². The van der Waals surface area contributed by atoms with Crippen LogP contribution in [0.2, 0.25) is 5.02 Å². The summed E-state index contributed by atoms with van der Waals surface area (Å²) in [5.41, 5.74) is 5.13. The fourth-order valence-electron chi connectivity index (χ4n) is 4.48. The molecule has 8 heteroatoms. The molecule has 0 saturated carbocycles. The summed E-state index contributed by atoms with van der Waals surface area (Å²) in [5.74, 6) is 2.57. The van der Waals surface area contributed by atoms with Gasteiger partial charge < -0.3 is 28.8 Å². The normalized spacial score (nSPS) is 11.9. The van der Waals surface area contributed by atoms with Crippen LogP contribution in [0, 0.1) is 6.92 Å². The smallest absolute Gasteiger partial charge is 0.253 e. The molecule has 1 N–H and O–H groups in total. The maximum Gasteiger partial charge on any atom is 0.253 e. The van der Waals surface area contributed by atoms with Gasteiger partial charge in [-0.2, -0.15) is 0 Å². The van der Waals surface area contributed by atoms with Crippen LogP contribution in [0.4, 0.5) is 0 Å². The Balaban J connectivity index is 1.42. The van der Waals surface area contributed by atoms with Crippen molar-refractivity contribution in [2.24, 2.45) is 0 Å². The minimum Gasteiger partial charge on any atom is -0.493 e. The van der Waals surface area contributed by atoms with Gasteiger partial charge in [0.15, 0.2) is 23.0 Å². The Morgan fingerprint density at radius 3 is 2.46 bits per heavy atom. The van der Waals surface area contributed by atoms with E-state index in [0.717, 1.165) is 28.2 Å². The van der Waals surface area contributed by atoms with Crippen LogP contribution in [0.25, 0.3) is 16.9 Å². The lowest BCUT2D eigenvalue weighted by Gasteiger charge is -2.13. The van der Waals surface area contributed by atoms with Crippen LogP contribution in [0.5, 0.6) is 23.0 Å². The zero-order chi connectivity index (χ0) is 25.9. The van der Waals surface area contributed by atoms with Gasteiger partial charge in [-0.3, -0.25) is 4.79 Å². The van der Waals surface area contributed by atoms with E-state index in [2.05, 4.69) is 9.88 Å². The van der Waals surface area contributed by atoms with Crippen LogP contribution in [0.15, 0.2) is 66.7 Å². The average Bonchev–Trinajstić information content (AvgIpc) is 3.52. The summed E-state index contributed by atoms with van der Waals surface area (Å²) in [5, 5.41) is 3.71. The number of hydrogen-bond acceptors (Lipinski definition) is 5. The topological polar surface area (TPSA) is 71.0 Å². The van der Waals surface area contributed by atoms with Crippen molar-refractivity contribution in [3.63, 3.8) is 0 Å². The molecule has 0 radical (unpaired) electrons. The van der Waals surface area contributed by atoms with Crippen molar-refractivity contribution in [3.05, 3.63) is 88.6 Å². The third-order valence-corrected chi connectivity index (χ3v) is 6.65. The number of nitrogens with one attached hydrogen (secondary N) is 1. The number of carbonyl (C=O) groups excluding carboxylic acids is 1. The lowest BCUT2D eigenvalue weighted by Crippen LogP contribution is -2.26. The van der Waals surface area contributed by atoms with Crippen LogP contribution in [-0.4, -0.2) is 38.0 Å². The quantitative estimate of drug-likeness (QED) is 0.318. The first kappa shape index (κ1) is 24.6. The van der Waals surface area contributed by atoms with Gasteiger partial charge in [0.25, 0.3) is 5.91 Å². The van der Waals surface area contributed by atoms with E-state index in [1.54, 1.807) is 14.2 Å². The van der Waals surface area contributed by atoms with Gasteiger partial charge in [0, 0.05) is 29.0 Å². The number of fused-ring (bicyclic) bond motifs is 1. The highest BCUT2D eigenvalue weighted by molar-refractivity contribution is 6.30. The second-order valence-electron chi connectivity index (χ2n) is 8.60. The van der Waals surface area contributed by atoms with E-state index in [1.165, 1.54) is 0 Å². The predicted octanol–water partition coefficient (Wildman–Crippen LogP) is 5.82. The van der Waals surface area contributed by atoms with Gasteiger partial charge in [0.05, 0.1) is 25.5 Å². The van der Waals surface area contributed by atoms with Gasteiger partial charge in [-0.25, -0.2) is 0 Å². The molecular weight excluding hydrogens is 492 g/mol. The number of rotatable bonds is 8. The van der Waals surface area contributed by atoms with Gasteiger partial charge >= 0.3 is 0 Å². The van der Waals surface area contributed by atoms with Crippen molar-refractivity contribution in [1.82, 2.24) is 9.88 Å². The average molecular weight is 519 g/mol. The number of aromatic nitrogens is 1. The molecule has 1 aliphatic rings. The maximum absolute atomic E-state index is 13.3. The minimum atomic E-state index is -0.146. The molecule has 3 aromatic carbocycles. The molecule has 37 heavy (non-hydrogen) atoms. The Morgan fingerprint density at radius 1 is 0.946 bits per heavy atom. The highest BCUT2D eigenvalue weighted by atomic mass is 35.5. The van der Waals surface area contributed by atoms with Crippen molar-refractivity contribution in [2.45, 2.75) is 13.3 Å². The van der Waals surface area contributed by atoms with E-state index in [1.807, 2.05) is 73.7 Å². The molecule has 190 valence electrons. The molecule has 5 rings (SSSR count).